The van der Waals surface area contributed by atoms with Crippen molar-refractivity contribution in [2.75, 3.05) is 19.7 Å². The van der Waals surface area contributed by atoms with Gasteiger partial charge in [0, 0.05) is 35.5 Å². The van der Waals surface area contributed by atoms with E-state index in [1.807, 2.05) is 29.8 Å². The summed E-state index contributed by atoms with van der Waals surface area (Å²) in [5.74, 6) is -0.0597. The highest BCUT2D eigenvalue weighted by molar-refractivity contribution is 7.18. The first-order valence-electron chi connectivity index (χ1n) is 9.07. The van der Waals surface area contributed by atoms with E-state index in [2.05, 4.69) is 4.98 Å². The van der Waals surface area contributed by atoms with Crippen LogP contribution in [0.4, 0.5) is 0 Å². The van der Waals surface area contributed by atoms with Crippen molar-refractivity contribution < 1.29 is 9.53 Å². The van der Waals surface area contributed by atoms with Crippen molar-refractivity contribution in [1.82, 2.24) is 14.5 Å². The summed E-state index contributed by atoms with van der Waals surface area (Å²) in [5.41, 5.74) is 0.745. The molecule has 0 aromatic carbocycles. The van der Waals surface area contributed by atoms with E-state index in [9.17, 15) is 9.59 Å². The number of rotatable bonds is 5. The molecule has 0 spiro atoms. The van der Waals surface area contributed by atoms with Crippen LogP contribution in [0.3, 0.4) is 0 Å². The SMILES string of the molecule is CCOC1CCCN(C(=O)Cn2cnc3scc(-c4cccs4)c3c2=O)C1. The summed E-state index contributed by atoms with van der Waals surface area (Å²) in [6.45, 7) is 3.94. The van der Waals surface area contributed by atoms with Gasteiger partial charge < -0.3 is 9.64 Å². The fraction of sp³-hybridized carbons (Fsp3) is 0.421. The molecule has 1 fully saturated rings. The highest BCUT2D eigenvalue weighted by Crippen LogP contribution is 2.33. The summed E-state index contributed by atoms with van der Waals surface area (Å²) in [4.78, 5) is 33.7. The number of amides is 1. The quantitative estimate of drug-likeness (QED) is 0.656. The number of thiophene rings is 2. The summed E-state index contributed by atoms with van der Waals surface area (Å²) in [5, 5.41) is 4.56. The predicted octanol–water partition coefficient (Wildman–Crippen LogP) is 3.21. The van der Waals surface area contributed by atoms with Crippen molar-refractivity contribution in [2.24, 2.45) is 0 Å². The van der Waals surface area contributed by atoms with Gasteiger partial charge in [-0.15, -0.1) is 22.7 Å². The Bertz CT molecular complexity index is 991. The van der Waals surface area contributed by atoms with Gasteiger partial charge in [-0.2, -0.15) is 0 Å². The third kappa shape index (κ3) is 3.69. The number of hydrogen-bond acceptors (Lipinski definition) is 6. The predicted molar refractivity (Wildman–Crippen MR) is 108 cm³/mol. The molecule has 6 nitrogen and oxygen atoms in total. The number of hydrogen-bond donors (Lipinski definition) is 0. The average molecular weight is 404 g/mol. The standard InChI is InChI=1S/C19H21N3O3S2/c1-2-25-13-5-3-7-21(9-13)16(23)10-22-12-20-18-17(19(22)24)14(11-27-18)15-6-4-8-26-15/h4,6,8,11-13H,2-3,5,7,9-10H2,1H3. The molecule has 3 aromatic rings. The van der Waals surface area contributed by atoms with Crippen molar-refractivity contribution in [3.8, 4) is 10.4 Å². The molecule has 0 saturated carbocycles. The molecule has 1 aliphatic rings. The van der Waals surface area contributed by atoms with Gasteiger partial charge in [0.15, 0.2) is 0 Å². The second kappa shape index (κ2) is 7.92. The first-order chi connectivity index (χ1) is 13.2. The van der Waals surface area contributed by atoms with Crippen LogP contribution in [-0.2, 0) is 16.1 Å². The number of piperidine rings is 1. The molecule has 8 heteroatoms. The van der Waals surface area contributed by atoms with E-state index in [1.165, 1.54) is 22.2 Å². The van der Waals surface area contributed by atoms with Gasteiger partial charge in [-0.3, -0.25) is 14.2 Å². The number of fused-ring (bicyclic) bond motifs is 1. The molecule has 1 unspecified atom stereocenters. The van der Waals surface area contributed by atoms with Gasteiger partial charge in [0.1, 0.15) is 11.4 Å². The van der Waals surface area contributed by atoms with E-state index < -0.39 is 0 Å². The maximum atomic E-state index is 13.0. The topological polar surface area (TPSA) is 64.4 Å². The van der Waals surface area contributed by atoms with Gasteiger partial charge >= 0.3 is 0 Å². The minimum atomic E-state index is -0.156. The normalized spacial score (nSPS) is 17.5. The molecule has 0 N–H and O–H groups in total. The van der Waals surface area contributed by atoms with Gasteiger partial charge in [-0.25, -0.2) is 4.98 Å². The zero-order valence-corrected chi connectivity index (χ0v) is 16.7. The van der Waals surface area contributed by atoms with Crippen molar-refractivity contribution in [1.29, 1.82) is 0 Å². The maximum Gasteiger partial charge on any atom is 0.263 e. The van der Waals surface area contributed by atoms with Crippen LogP contribution in [0.1, 0.15) is 19.8 Å². The van der Waals surface area contributed by atoms with E-state index >= 15 is 0 Å². The smallest absolute Gasteiger partial charge is 0.263 e. The third-order valence-corrected chi connectivity index (χ3v) is 6.58. The lowest BCUT2D eigenvalue weighted by Gasteiger charge is -2.32. The molecule has 27 heavy (non-hydrogen) atoms. The fourth-order valence-electron chi connectivity index (χ4n) is 3.48. The van der Waals surface area contributed by atoms with Crippen LogP contribution in [0, 0.1) is 0 Å². The van der Waals surface area contributed by atoms with Crippen molar-refractivity contribution in [3.63, 3.8) is 0 Å². The highest BCUT2D eigenvalue weighted by Gasteiger charge is 2.24. The molecule has 4 rings (SSSR count). The molecule has 1 aliphatic heterocycles. The van der Waals surface area contributed by atoms with Crippen LogP contribution in [-0.4, -0.2) is 46.2 Å². The first kappa shape index (κ1) is 18.3. The summed E-state index contributed by atoms with van der Waals surface area (Å²) in [7, 11) is 0. The molecule has 3 aromatic heterocycles. The average Bonchev–Trinajstić information content (AvgIpc) is 3.34. The number of ether oxygens (including phenoxy) is 1. The van der Waals surface area contributed by atoms with Crippen molar-refractivity contribution in [2.45, 2.75) is 32.4 Å². The van der Waals surface area contributed by atoms with Gasteiger partial charge in [0.05, 0.1) is 17.8 Å². The number of aromatic nitrogens is 2. The molecule has 0 aliphatic carbocycles. The van der Waals surface area contributed by atoms with E-state index in [0.717, 1.165) is 23.3 Å². The highest BCUT2D eigenvalue weighted by atomic mass is 32.1. The van der Waals surface area contributed by atoms with Crippen LogP contribution < -0.4 is 5.56 Å². The lowest BCUT2D eigenvalue weighted by Crippen LogP contribution is -2.45. The Morgan fingerprint density at radius 3 is 3.07 bits per heavy atom. The summed E-state index contributed by atoms with van der Waals surface area (Å²) in [6, 6.07) is 3.96. The number of nitrogens with zero attached hydrogens (tertiary/aromatic N) is 3. The second-order valence-electron chi connectivity index (χ2n) is 6.54. The van der Waals surface area contributed by atoms with Crippen LogP contribution in [0.5, 0.6) is 0 Å². The second-order valence-corrected chi connectivity index (χ2v) is 8.35. The minimum absolute atomic E-state index is 0.0142. The molecule has 4 heterocycles. The molecular formula is C19H21N3O3S2. The van der Waals surface area contributed by atoms with E-state index in [1.54, 1.807) is 16.2 Å². The van der Waals surface area contributed by atoms with Crippen LogP contribution in [0.25, 0.3) is 20.7 Å². The Hall–Kier alpha value is -2.03. The first-order valence-corrected chi connectivity index (χ1v) is 10.8. The molecular weight excluding hydrogens is 382 g/mol. The Labute approximate surface area is 165 Å². The van der Waals surface area contributed by atoms with Crippen molar-refractivity contribution >= 4 is 38.8 Å². The monoisotopic (exact) mass is 403 g/mol. The largest absolute Gasteiger partial charge is 0.377 e. The number of carbonyl (C=O) groups is 1. The minimum Gasteiger partial charge on any atom is -0.377 e. The Balaban J connectivity index is 1.59. The molecule has 0 radical (unpaired) electrons. The van der Waals surface area contributed by atoms with Crippen LogP contribution in [0.2, 0.25) is 0 Å². The van der Waals surface area contributed by atoms with E-state index in [4.69, 9.17) is 4.74 Å². The van der Waals surface area contributed by atoms with Gasteiger partial charge in [0.2, 0.25) is 5.91 Å². The lowest BCUT2D eigenvalue weighted by molar-refractivity contribution is -0.135. The number of carbonyl (C=O) groups excluding carboxylic acids is 1. The maximum absolute atomic E-state index is 13.0. The Morgan fingerprint density at radius 1 is 1.41 bits per heavy atom. The number of likely N-dealkylation sites (tertiary alicyclic amines) is 1. The zero-order valence-electron chi connectivity index (χ0n) is 15.1. The third-order valence-electron chi connectivity index (χ3n) is 4.79. The Morgan fingerprint density at radius 2 is 2.30 bits per heavy atom. The molecule has 1 amide bonds. The molecule has 1 atom stereocenters. The van der Waals surface area contributed by atoms with Gasteiger partial charge in [-0.1, -0.05) is 6.07 Å². The van der Waals surface area contributed by atoms with Crippen LogP contribution >= 0.6 is 22.7 Å². The van der Waals surface area contributed by atoms with E-state index in [0.29, 0.717) is 29.9 Å². The summed E-state index contributed by atoms with van der Waals surface area (Å²) in [6.07, 6.45) is 3.48. The lowest BCUT2D eigenvalue weighted by atomic mass is 10.1. The van der Waals surface area contributed by atoms with Gasteiger partial charge in [-0.05, 0) is 31.2 Å². The molecule has 0 bridgehead atoms. The fourth-order valence-corrected chi connectivity index (χ4v) is 5.20. The summed E-state index contributed by atoms with van der Waals surface area (Å²) < 4.78 is 7.10. The van der Waals surface area contributed by atoms with E-state index in [-0.39, 0.29) is 24.1 Å². The Kier molecular flexibility index (Phi) is 5.38. The van der Waals surface area contributed by atoms with Gasteiger partial charge in [0.25, 0.3) is 5.56 Å². The van der Waals surface area contributed by atoms with Crippen LogP contribution in [0.15, 0.2) is 34.0 Å². The van der Waals surface area contributed by atoms with Crippen molar-refractivity contribution in [3.05, 3.63) is 39.6 Å². The molecule has 142 valence electrons. The molecule has 1 saturated heterocycles. The summed E-state index contributed by atoms with van der Waals surface area (Å²) >= 11 is 3.05. The zero-order chi connectivity index (χ0) is 18.8.